The summed E-state index contributed by atoms with van der Waals surface area (Å²) < 4.78 is 14.0. The molecule has 38 heavy (non-hydrogen) atoms. The van der Waals surface area contributed by atoms with E-state index in [9.17, 15) is 0 Å². The van der Waals surface area contributed by atoms with E-state index in [4.69, 9.17) is 21.4 Å². The number of anilines is 1. The lowest BCUT2D eigenvalue weighted by molar-refractivity contribution is 0.482. The van der Waals surface area contributed by atoms with Gasteiger partial charge in [0.15, 0.2) is 5.11 Å². The van der Waals surface area contributed by atoms with Crippen molar-refractivity contribution in [2.45, 2.75) is 32.5 Å². The van der Waals surface area contributed by atoms with Crippen LogP contribution in [0.4, 0.5) is 5.69 Å². The molecule has 1 aliphatic heterocycles. The Balaban J connectivity index is 1.38. The Morgan fingerprint density at radius 3 is 2.39 bits per heavy atom. The van der Waals surface area contributed by atoms with E-state index in [-0.39, 0.29) is 12.1 Å². The van der Waals surface area contributed by atoms with Gasteiger partial charge < -0.3 is 23.9 Å². The van der Waals surface area contributed by atoms with Crippen LogP contribution >= 0.6 is 12.2 Å². The number of rotatable bonds is 7. The van der Waals surface area contributed by atoms with E-state index in [0.29, 0.717) is 11.7 Å². The number of hydrogen-bond acceptors (Lipinski definition) is 4. The van der Waals surface area contributed by atoms with Crippen molar-refractivity contribution in [1.29, 1.82) is 0 Å². The third kappa shape index (κ3) is 4.57. The molecule has 0 amide bonds. The molecule has 2 atom stereocenters. The Morgan fingerprint density at radius 2 is 1.68 bits per heavy atom. The van der Waals surface area contributed by atoms with Gasteiger partial charge in [-0.25, -0.2) is 0 Å². The van der Waals surface area contributed by atoms with Gasteiger partial charge in [0.2, 0.25) is 0 Å². The third-order valence-electron chi connectivity index (χ3n) is 7.02. The molecule has 1 fully saturated rings. The number of aromatic nitrogens is 2. The smallest absolute Gasteiger partial charge is 0.174 e. The topological polar surface area (TPSA) is 55.5 Å². The van der Waals surface area contributed by atoms with E-state index in [0.717, 1.165) is 34.3 Å². The average Bonchev–Trinajstić information content (AvgIpc) is 3.65. The van der Waals surface area contributed by atoms with Crippen LogP contribution in [0.2, 0.25) is 0 Å². The summed E-state index contributed by atoms with van der Waals surface area (Å²) in [6, 6.07) is 29.9. The summed E-state index contributed by atoms with van der Waals surface area (Å²) in [4.78, 5) is 6.88. The van der Waals surface area contributed by atoms with Gasteiger partial charge in [0.05, 0.1) is 30.6 Å². The number of para-hydroxylation sites is 1. The summed E-state index contributed by atoms with van der Waals surface area (Å²) in [6.45, 7) is 4.97. The SMILES string of the molecule is Cc1cc([C@@H]2[C@H](c3ccccn3)NC(=S)N2c2ccc(Oc3ccccc3)cc2)c(C)n1Cc1ccco1. The first-order valence-electron chi connectivity index (χ1n) is 12.6. The van der Waals surface area contributed by atoms with Crippen LogP contribution in [0.25, 0.3) is 0 Å². The highest BCUT2D eigenvalue weighted by Gasteiger charge is 2.42. The molecule has 0 spiro atoms. The van der Waals surface area contributed by atoms with Crippen LogP contribution in [0.5, 0.6) is 11.5 Å². The van der Waals surface area contributed by atoms with Crippen LogP contribution < -0.4 is 15.0 Å². The Bertz CT molecular complexity index is 1530. The summed E-state index contributed by atoms with van der Waals surface area (Å²) in [6.07, 6.45) is 3.55. The number of nitrogens with one attached hydrogen (secondary N) is 1. The maximum atomic E-state index is 6.02. The summed E-state index contributed by atoms with van der Waals surface area (Å²) in [5, 5.41) is 4.22. The number of nitrogens with zero attached hydrogens (tertiary/aromatic N) is 3. The molecule has 3 aromatic heterocycles. The average molecular weight is 521 g/mol. The highest BCUT2D eigenvalue weighted by atomic mass is 32.1. The van der Waals surface area contributed by atoms with E-state index in [1.54, 1.807) is 6.26 Å². The predicted molar refractivity (Wildman–Crippen MR) is 153 cm³/mol. The van der Waals surface area contributed by atoms with Crippen LogP contribution in [0.1, 0.15) is 40.5 Å². The quantitative estimate of drug-likeness (QED) is 0.231. The van der Waals surface area contributed by atoms with Gasteiger partial charge in [0, 0.05) is 23.3 Å². The first-order valence-corrected chi connectivity index (χ1v) is 13.0. The highest BCUT2D eigenvalue weighted by Crippen LogP contribution is 2.43. The van der Waals surface area contributed by atoms with E-state index < -0.39 is 0 Å². The normalized spacial score (nSPS) is 17.0. The van der Waals surface area contributed by atoms with Gasteiger partial charge in [-0.15, -0.1) is 0 Å². The molecule has 0 saturated carbocycles. The summed E-state index contributed by atoms with van der Waals surface area (Å²) in [5.74, 6) is 2.49. The highest BCUT2D eigenvalue weighted by molar-refractivity contribution is 7.80. The minimum atomic E-state index is -0.110. The number of benzene rings is 2. The molecule has 0 unspecified atom stereocenters. The fraction of sp³-hybridized carbons (Fsp3) is 0.161. The first-order chi connectivity index (χ1) is 18.6. The van der Waals surface area contributed by atoms with Crippen molar-refractivity contribution in [3.8, 4) is 11.5 Å². The van der Waals surface area contributed by atoms with E-state index in [2.05, 4.69) is 57.9 Å². The zero-order chi connectivity index (χ0) is 26.1. The standard InChI is InChI=1S/C31H28N4O2S/c1-21-19-27(22(2)34(21)20-26-11-8-18-36-26)30-29(28-12-6-7-17-32-28)33-31(38)35(30)23-13-15-25(16-14-23)37-24-9-4-3-5-10-24/h3-19,29-30H,20H2,1-2H3,(H,33,38)/t29-,30+/m0/s1. The lowest BCUT2D eigenvalue weighted by atomic mass is 9.96. The zero-order valence-corrected chi connectivity index (χ0v) is 22.1. The van der Waals surface area contributed by atoms with Crippen molar-refractivity contribution >= 4 is 23.0 Å². The Hall–Kier alpha value is -4.36. The summed E-state index contributed by atoms with van der Waals surface area (Å²) in [7, 11) is 0. The minimum absolute atomic E-state index is 0.0881. The molecule has 6 nitrogen and oxygen atoms in total. The van der Waals surface area contributed by atoms with Gasteiger partial charge in [-0.05, 0) is 98.4 Å². The van der Waals surface area contributed by atoms with Crippen molar-refractivity contribution < 1.29 is 9.15 Å². The molecule has 2 aromatic carbocycles. The molecule has 1 saturated heterocycles. The fourth-order valence-corrected chi connectivity index (χ4v) is 5.52. The van der Waals surface area contributed by atoms with Crippen molar-refractivity contribution in [3.05, 3.63) is 132 Å². The van der Waals surface area contributed by atoms with Crippen LogP contribution in [0.15, 0.2) is 108 Å². The third-order valence-corrected chi connectivity index (χ3v) is 7.33. The second kappa shape index (κ2) is 10.2. The molecule has 1 aliphatic rings. The van der Waals surface area contributed by atoms with Gasteiger partial charge >= 0.3 is 0 Å². The second-order valence-corrected chi connectivity index (χ2v) is 9.78. The number of ether oxygens (including phenoxy) is 1. The predicted octanol–water partition coefficient (Wildman–Crippen LogP) is 7.11. The fourth-order valence-electron chi connectivity index (χ4n) is 5.18. The molecule has 5 aromatic rings. The molecule has 1 N–H and O–H groups in total. The zero-order valence-electron chi connectivity index (χ0n) is 21.2. The van der Waals surface area contributed by atoms with Gasteiger partial charge in [-0.1, -0.05) is 24.3 Å². The van der Waals surface area contributed by atoms with Crippen LogP contribution in [-0.2, 0) is 6.54 Å². The van der Waals surface area contributed by atoms with E-state index in [1.807, 2.05) is 72.9 Å². The number of thiocarbonyl (C=S) groups is 1. The maximum absolute atomic E-state index is 6.02. The first kappa shape index (κ1) is 24.0. The lowest BCUT2D eigenvalue weighted by Crippen LogP contribution is -2.29. The lowest BCUT2D eigenvalue weighted by Gasteiger charge is -2.28. The van der Waals surface area contributed by atoms with Gasteiger partial charge in [-0.2, -0.15) is 0 Å². The van der Waals surface area contributed by atoms with Crippen LogP contribution in [0, 0.1) is 13.8 Å². The molecule has 0 bridgehead atoms. The largest absolute Gasteiger partial charge is 0.467 e. The van der Waals surface area contributed by atoms with Crippen LogP contribution in [-0.4, -0.2) is 14.7 Å². The summed E-state index contributed by atoms with van der Waals surface area (Å²) in [5.41, 5.74) is 5.47. The number of aryl methyl sites for hydroxylation is 1. The Morgan fingerprint density at radius 1 is 0.921 bits per heavy atom. The molecule has 6 rings (SSSR count). The molecule has 0 aliphatic carbocycles. The molecular weight excluding hydrogens is 492 g/mol. The van der Waals surface area contributed by atoms with Crippen molar-refractivity contribution in [3.63, 3.8) is 0 Å². The van der Waals surface area contributed by atoms with Crippen molar-refractivity contribution in [2.75, 3.05) is 4.90 Å². The van der Waals surface area contributed by atoms with Gasteiger partial charge in [0.25, 0.3) is 0 Å². The Labute approximate surface area is 227 Å². The van der Waals surface area contributed by atoms with E-state index >= 15 is 0 Å². The maximum Gasteiger partial charge on any atom is 0.174 e. The molecule has 190 valence electrons. The molecule has 7 heteroatoms. The number of pyridine rings is 1. The van der Waals surface area contributed by atoms with Crippen LogP contribution in [0.3, 0.4) is 0 Å². The van der Waals surface area contributed by atoms with Crippen molar-refractivity contribution in [1.82, 2.24) is 14.9 Å². The molecular formula is C31H28N4O2S. The Kier molecular flexibility index (Phi) is 6.43. The number of hydrogen-bond donors (Lipinski definition) is 1. The van der Waals surface area contributed by atoms with Gasteiger partial charge in [-0.3, -0.25) is 4.98 Å². The minimum Gasteiger partial charge on any atom is -0.467 e. The monoisotopic (exact) mass is 520 g/mol. The molecule has 4 heterocycles. The number of furan rings is 1. The van der Waals surface area contributed by atoms with Crippen molar-refractivity contribution in [2.24, 2.45) is 0 Å². The van der Waals surface area contributed by atoms with E-state index in [1.165, 1.54) is 11.3 Å². The second-order valence-electron chi connectivity index (χ2n) is 9.40. The molecule has 0 radical (unpaired) electrons. The summed E-state index contributed by atoms with van der Waals surface area (Å²) >= 11 is 5.92. The van der Waals surface area contributed by atoms with Gasteiger partial charge in [0.1, 0.15) is 17.3 Å².